The predicted molar refractivity (Wildman–Crippen MR) is 75.8 cm³/mol. The fourth-order valence-electron chi connectivity index (χ4n) is 2.55. The quantitative estimate of drug-likeness (QED) is 0.883. The van der Waals surface area contributed by atoms with E-state index in [4.69, 9.17) is 5.73 Å². The first-order valence-electron chi connectivity index (χ1n) is 6.82. The highest BCUT2D eigenvalue weighted by molar-refractivity contribution is 5.45. The molecule has 1 fully saturated rings. The molecule has 0 radical (unpaired) electrons. The molecule has 0 spiro atoms. The molecule has 0 amide bonds. The number of likely N-dealkylation sites (N-methyl/N-ethyl adjacent to an activating group) is 1. The van der Waals surface area contributed by atoms with Gasteiger partial charge in [0, 0.05) is 31.7 Å². The highest BCUT2D eigenvalue weighted by Gasteiger charge is 2.22. The average Bonchev–Trinajstić information content (AvgIpc) is 2.38. The predicted octanol–water partition coefficient (Wildman–Crippen LogP) is 1.63. The first kappa shape index (κ1) is 13.3. The normalized spacial score (nSPS) is 23.1. The van der Waals surface area contributed by atoms with E-state index in [-0.39, 0.29) is 6.04 Å². The van der Waals surface area contributed by atoms with E-state index in [1.54, 1.807) is 0 Å². The zero-order chi connectivity index (χ0) is 13.1. The van der Waals surface area contributed by atoms with Crippen LogP contribution in [0.3, 0.4) is 0 Å². The fourth-order valence-corrected chi connectivity index (χ4v) is 2.55. The Morgan fingerprint density at radius 1 is 1.44 bits per heavy atom. The van der Waals surface area contributed by atoms with Crippen LogP contribution >= 0.6 is 0 Å². The molecule has 4 nitrogen and oxygen atoms in total. The molecule has 1 aliphatic rings. The Morgan fingerprint density at radius 2 is 2.22 bits per heavy atom. The average molecular weight is 248 g/mol. The van der Waals surface area contributed by atoms with Crippen LogP contribution in [-0.4, -0.2) is 42.1 Å². The van der Waals surface area contributed by atoms with Crippen molar-refractivity contribution in [2.45, 2.75) is 32.9 Å². The van der Waals surface area contributed by atoms with Gasteiger partial charge in [-0.2, -0.15) is 0 Å². The number of nitrogens with zero attached hydrogens (tertiary/aromatic N) is 3. The first-order chi connectivity index (χ1) is 8.61. The monoisotopic (exact) mass is 248 g/mol. The summed E-state index contributed by atoms with van der Waals surface area (Å²) in [6.45, 7) is 10.9. The molecule has 100 valence electrons. The fraction of sp³-hybridized carbons (Fsp3) is 0.643. The van der Waals surface area contributed by atoms with Crippen LogP contribution in [0.1, 0.15) is 32.5 Å². The lowest BCUT2D eigenvalue weighted by atomic mass is 10.1. The first-order valence-corrected chi connectivity index (χ1v) is 6.82. The third-order valence-electron chi connectivity index (χ3n) is 3.77. The summed E-state index contributed by atoms with van der Waals surface area (Å²) >= 11 is 0. The minimum Gasteiger partial charge on any atom is -0.367 e. The van der Waals surface area contributed by atoms with Crippen LogP contribution in [0.25, 0.3) is 0 Å². The second kappa shape index (κ2) is 5.67. The molecule has 2 heterocycles. The Bertz CT molecular complexity index is 374. The van der Waals surface area contributed by atoms with E-state index >= 15 is 0 Å². The van der Waals surface area contributed by atoms with E-state index in [0.717, 1.165) is 31.9 Å². The molecule has 1 aromatic heterocycles. The van der Waals surface area contributed by atoms with Crippen LogP contribution in [0.15, 0.2) is 18.3 Å². The van der Waals surface area contributed by atoms with Gasteiger partial charge in [-0.3, -0.25) is 9.88 Å². The van der Waals surface area contributed by atoms with E-state index in [1.165, 1.54) is 5.69 Å². The summed E-state index contributed by atoms with van der Waals surface area (Å²) in [6, 6.07) is 4.79. The summed E-state index contributed by atoms with van der Waals surface area (Å²) in [4.78, 5) is 9.36. The molecule has 4 heteroatoms. The van der Waals surface area contributed by atoms with Crippen molar-refractivity contribution >= 4 is 5.69 Å². The molecular formula is C14H24N4. The van der Waals surface area contributed by atoms with Crippen molar-refractivity contribution in [3.05, 3.63) is 24.0 Å². The number of rotatable bonds is 3. The zero-order valence-electron chi connectivity index (χ0n) is 11.6. The Labute approximate surface area is 110 Å². The van der Waals surface area contributed by atoms with Gasteiger partial charge >= 0.3 is 0 Å². The Morgan fingerprint density at radius 3 is 2.72 bits per heavy atom. The molecule has 1 unspecified atom stereocenters. The maximum atomic E-state index is 5.82. The molecule has 1 aromatic rings. The van der Waals surface area contributed by atoms with Gasteiger partial charge in [0.2, 0.25) is 0 Å². The van der Waals surface area contributed by atoms with Crippen molar-refractivity contribution in [2.24, 2.45) is 5.73 Å². The third-order valence-corrected chi connectivity index (χ3v) is 3.77. The maximum Gasteiger partial charge on any atom is 0.0569 e. The minimum absolute atomic E-state index is 0.00918. The van der Waals surface area contributed by atoms with E-state index in [9.17, 15) is 0 Å². The molecule has 2 atom stereocenters. The van der Waals surface area contributed by atoms with Crippen LogP contribution in [0.4, 0.5) is 5.69 Å². The van der Waals surface area contributed by atoms with Crippen molar-refractivity contribution in [3.8, 4) is 0 Å². The van der Waals surface area contributed by atoms with Crippen molar-refractivity contribution in [1.82, 2.24) is 9.88 Å². The van der Waals surface area contributed by atoms with Crippen molar-refractivity contribution in [3.63, 3.8) is 0 Å². The van der Waals surface area contributed by atoms with Crippen LogP contribution in [0.2, 0.25) is 0 Å². The maximum absolute atomic E-state index is 5.82. The topological polar surface area (TPSA) is 45.4 Å². The number of piperazine rings is 1. The van der Waals surface area contributed by atoms with Gasteiger partial charge in [0.15, 0.2) is 0 Å². The number of hydrogen-bond acceptors (Lipinski definition) is 4. The van der Waals surface area contributed by atoms with Crippen LogP contribution in [-0.2, 0) is 0 Å². The van der Waals surface area contributed by atoms with Gasteiger partial charge in [0.25, 0.3) is 0 Å². The van der Waals surface area contributed by atoms with Gasteiger partial charge < -0.3 is 10.6 Å². The smallest absolute Gasteiger partial charge is 0.0569 e. The third kappa shape index (κ3) is 2.82. The molecule has 1 aliphatic heterocycles. The van der Waals surface area contributed by atoms with Gasteiger partial charge in [0.1, 0.15) is 0 Å². The van der Waals surface area contributed by atoms with Gasteiger partial charge in [-0.25, -0.2) is 0 Å². The largest absolute Gasteiger partial charge is 0.367 e. The number of nitrogens with two attached hydrogens (primary N) is 1. The number of pyridine rings is 1. The van der Waals surface area contributed by atoms with Gasteiger partial charge in [-0.1, -0.05) is 6.92 Å². The Kier molecular flexibility index (Phi) is 4.19. The molecule has 0 aromatic carbocycles. The van der Waals surface area contributed by atoms with Crippen molar-refractivity contribution in [1.29, 1.82) is 0 Å². The molecule has 0 saturated carbocycles. The lowest BCUT2D eigenvalue weighted by Gasteiger charge is -2.40. The van der Waals surface area contributed by atoms with Gasteiger partial charge in [-0.05, 0) is 32.5 Å². The number of anilines is 1. The summed E-state index contributed by atoms with van der Waals surface area (Å²) in [6.07, 6.45) is 1.95. The molecule has 0 bridgehead atoms. The van der Waals surface area contributed by atoms with Crippen molar-refractivity contribution in [2.75, 3.05) is 31.1 Å². The molecule has 0 aliphatic carbocycles. The lowest BCUT2D eigenvalue weighted by molar-refractivity contribution is 0.199. The second-order valence-corrected chi connectivity index (χ2v) is 5.15. The van der Waals surface area contributed by atoms with Crippen molar-refractivity contribution < 1.29 is 0 Å². The van der Waals surface area contributed by atoms with Crippen LogP contribution < -0.4 is 10.6 Å². The molecule has 2 rings (SSSR count). The minimum atomic E-state index is 0.00918. The number of aromatic nitrogens is 1. The van der Waals surface area contributed by atoms with Crippen LogP contribution in [0, 0.1) is 0 Å². The molecule has 18 heavy (non-hydrogen) atoms. The van der Waals surface area contributed by atoms with E-state index in [2.05, 4.69) is 34.7 Å². The summed E-state index contributed by atoms with van der Waals surface area (Å²) < 4.78 is 0. The van der Waals surface area contributed by atoms with E-state index < -0.39 is 0 Å². The summed E-state index contributed by atoms with van der Waals surface area (Å²) in [5.41, 5.74) is 7.99. The summed E-state index contributed by atoms with van der Waals surface area (Å²) in [7, 11) is 0. The Balaban J connectivity index is 2.04. The lowest BCUT2D eigenvalue weighted by Crippen LogP contribution is -2.51. The van der Waals surface area contributed by atoms with Gasteiger partial charge in [-0.15, -0.1) is 0 Å². The number of hydrogen-bond donors (Lipinski definition) is 1. The second-order valence-electron chi connectivity index (χ2n) is 5.15. The SMILES string of the molecule is CCN1CCN(c2ccc([C@@H](C)N)nc2)CC1C. The molecule has 1 saturated heterocycles. The highest BCUT2D eigenvalue weighted by Crippen LogP contribution is 2.19. The van der Waals surface area contributed by atoms with Crippen LogP contribution in [0.5, 0.6) is 0 Å². The molecular weight excluding hydrogens is 224 g/mol. The molecule has 2 N–H and O–H groups in total. The van der Waals surface area contributed by atoms with E-state index in [1.807, 2.05) is 19.2 Å². The summed E-state index contributed by atoms with van der Waals surface area (Å²) in [5, 5.41) is 0. The van der Waals surface area contributed by atoms with Gasteiger partial charge in [0.05, 0.1) is 17.6 Å². The summed E-state index contributed by atoms with van der Waals surface area (Å²) in [5.74, 6) is 0. The van der Waals surface area contributed by atoms with E-state index in [0.29, 0.717) is 6.04 Å². The standard InChI is InChI=1S/C14H24N4/c1-4-17-7-8-18(10-11(17)2)13-5-6-14(12(3)15)16-9-13/h5-6,9,11-12H,4,7-8,10,15H2,1-3H3/t11?,12-/m1/s1. The highest BCUT2D eigenvalue weighted by atomic mass is 15.3. The Hall–Kier alpha value is -1.13. The zero-order valence-corrected chi connectivity index (χ0v) is 11.6.